The summed E-state index contributed by atoms with van der Waals surface area (Å²) < 4.78 is 22.2. The topological polar surface area (TPSA) is 88.9 Å². The summed E-state index contributed by atoms with van der Waals surface area (Å²) >= 11 is 0. The van der Waals surface area contributed by atoms with E-state index in [0.29, 0.717) is 61.7 Å². The van der Waals surface area contributed by atoms with E-state index >= 15 is 0 Å². The number of ether oxygens (including phenoxy) is 4. The SMILES string of the molecule is CCOC(=O)c1cc2c(=O)n(CCOCCOCCOC)ccc2nc1C. The zero-order valence-corrected chi connectivity index (χ0v) is 16.0. The minimum absolute atomic E-state index is 0.217. The predicted molar refractivity (Wildman–Crippen MR) is 100 cm³/mol. The Morgan fingerprint density at radius 2 is 1.85 bits per heavy atom. The van der Waals surface area contributed by atoms with Gasteiger partial charge in [-0.25, -0.2) is 4.79 Å². The van der Waals surface area contributed by atoms with Crippen LogP contribution in [0.4, 0.5) is 0 Å². The first kappa shape index (κ1) is 21.0. The molecule has 0 radical (unpaired) electrons. The Kier molecular flexibility index (Phi) is 8.38. The van der Waals surface area contributed by atoms with Crippen molar-refractivity contribution in [3.63, 3.8) is 0 Å². The summed E-state index contributed by atoms with van der Waals surface area (Å²) in [4.78, 5) is 29.1. The van der Waals surface area contributed by atoms with Gasteiger partial charge in [0.15, 0.2) is 0 Å². The first-order valence-electron chi connectivity index (χ1n) is 8.90. The summed E-state index contributed by atoms with van der Waals surface area (Å²) in [6.07, 6.45) is 1.68. The summed E-state index contributed by atoms with van der Waals surface area (Å²) in [5, 5.41) is 0.383. The number of carbonyl (C=O) groups is 1. The Morgan fingerprint density at radius 3 is 2.56 bits per heavy atom. The van der Waals surface area contributed by atoms with Gasteiger partial charge in [-0.05, 0) is 26.0 Å². The van der Waals surface area contributed by atoms with Crippen molar-refractivity contribution in [2.75, 3.05) is 46.8 Å². The fourth-order valence-corrected chi connectivity index (χ4v) is 2.52. The number of esters is 1. The van der Waals surface area contributed by atoms with Crippen molar-refractivity contribution < 1.29 is 23.7 Å². The van der Waals surface area contributed by atoms with Crippen LogP contribution in [0.2, 0.25) is 0 Å². The lowest BCUT2D eigenvalue weighted by molar-refractivity contribution is 0.0229. The number of methoxy groups -OCH3 is 1. The molecule has 8 nitrogen and oxygen atoms in total. The average molecular weight is 378 g/mol. The Hall–Kier alpha value is -2.29. The molecule has 0 atom stereocenters. The Bertz CT molecular complexity index is 818. The highest BCUT2D eigenvalue weighted by molar-refractivity contribution is 5.94. The molecule has 2 heterocycles. The van der Waals surface area contributed by atoms with E-state index < -0.39 is 5.97 Å². The van der Waals surface area contributed by atoms with Crippen LogP contribution in [0.3, 0.4) is 0 Å². The maximum absolute atomic E-state index is 12.7. The fourth-order valence-electron chi connectivity index (χ4n) is 2.52. The molecule has 0 fully saturated rings. The van der Waals surface area contributed by atoms with Crippen molar-refractivity contribution in [2.45, 2.75) is 20.4 Å². The Morgan fingerprint density at radius 1 is 1.15 bits per heavy atom. The van der Waals surface area contributed by atoms with Gasteiger partial charge in [0.05, 0.1) is 61.8 Å². The Balaban J connectivity index is 2.02. The van der Waals surface area contributed by atoms with Gasteiger partial charge in [-0.3, -0.25) is 9.78 Å². The number of carbonyl (C=O) groups excluding carboxylic acids is 1. The summed E-state index contributed by atoms with van der Waals surface area (Å²) in [7, 11) is 1.62. The van der Waals surface area contributed by atoms with Crippen molar-refractivity contribution in [1.29, 1.82) is 0 Å². The first-order chi connectivity index (χ1) is 13.1. The number of aromatic nitrogens is 2. The second-order valence-corrected chi connectivity index (χ2v) is 5.81. The van der Waals surface area contributed by atoms with Crippen LogP contribution in [-0.4, -0.2) is 62.3 Å². The molecule has 0 aliphatic heterocycles. The number of hydrogen-bond donors (Lipinski definition) is 0. The smallest absolute Gasteiger partial charge is 0.339 e. The van der Waals surface area contributed by atoms with Crippen LogP contribution in [0.15, 0.2) is 23.1 Å². The quantitative estimate of drug-likeness (QED) is 0.433. The monoisotopic (exact) mass is 378 g/mol. The lowest BCUT2D eigenvalue weighted by Crippen LogP contribution is -2.23. The lowest BCUT2D eigenvalue weighted by atomic mass is 10.1. The van der Waals surface area contributed by atoms with Gasteiger partial charge in [-0.15, -0.1) is 0 Å². The molecule has 27 heavy (non-hydrogen) atoms. The number of nitrogens with zero attached hydrogens (tertiary/aromatic N) is 2. The number of hydrogen-bond acceptors (Lipinski definition) is 7. The van der Waals surface area contributed by atoms with E-state index in [9.17, 15) is 9.59 Å². The third-order valence-electron chi connectivity index (χ3n) is 3.92. The summed E-state index contributed by atoms with van der Waals surface area (Å²) in [5.74, 6) is -0.476. The van der Waals surface area contributed by atoms with Crippen molar-refractivity contribution in [1.82, 2.24) is 9.55 Å². The van der Waals surface area contributed by atoms with Crippen LogP contribution in [0.5, 0.6) is 0 Å². The molecule has 0 bridgehead atoms. The molecule has 0 unspecified atom stereocenters. The number of rotatable bonds is 11. The molecule has 8 heteroatoms. The first-order valence-corrected chi connectivity index (χ1v) is 8.90. The van der Waals surface area contributed by atoms with Crippen molar-refractivity contribution in [2.24, 2.45) is 0 Å². The van der Waals surface area contributed by atoms with Gasteiger partial charge in [0.25, 0.3) is 5.56 Å². The molecule has 0 spiro atoms. The maximum Gasteiger partial charge on any atom is 0.339 e. The highest BCUT2D eigenvalue weighted by Crippen LogP contribution is 2.14. The van der Waals surface area contributed by atoms with Gasteiger partial charge in [-0.2, -0.15) is 0 Å². The molecule has 0 saturated heterocycles. The second-order valence-electron chi connectivity index (χ2n) is 5.81. The number of fused-ring (bicyclic) bond motifs is 1. The van der Waals surface area contributed by atoms with Crippen LogP contribution < -0.4 is 5.56 Å². The highest BCUT2D eigenvalue weighted by atomic mass is 16.5. The predicted octanol–water partition coefficient (Wildman–Crippen LogP) is 1.56. The molecule has 2 aromatic rings. The van der Waals surface area contributed by atoms with E-state index in [-0.39, 0.29) is 12.2 Å². The third kappa shape index (κ3) is 5.85. The maximum atomic E-state index is 12.7. The molecule has 0 saturated carbocycles. The van der Waals surface area contributed by atoms with E-state index in [2.05, 4.69) is 4.98 Å². The fraction of sp³-hybridized carbons (Fsp3) is 0.526. The molecule has 0 amide bonds. The molecular formula is C19H26N2O6. The highest BCUT2D eigenvalue weighted by Gasteiger charge is 2.14. The van der Waals surface area contributed by atoms with Crippen molar-refractivity contribution in [3.05, 3.63) is 39.9 Å². The number of aryl methyl sites for hydroxylation is 1. The molecule has 148 valence electrons. The van der Waals surface area contributed by atoms with Crippen LogP contribution in [0.25, 0.3) is 10.9 Å². The summed E-state index contributed by atoms with van der Waals surface area (Å²) in [6.45, 7) is 6.49. The van der Waals surface area contributed by atoms with Crippen molar-refractivity contribution >= 4 is 16.9 Å². The van der Waals surface area contributed by atoms with E-state index in [1.54, 1.807) is 43.9 Å². The normalized spacial score (nSPS) is 11.1. The van der Waals surface area contributed by atoms with E-state index in [0.717, 1.165) is 0 Å². The van der Waals surface area contributed by atoms with Gasteiger partial charge in [-0.1, -0.05) is 0 Å². The summed E-state index contributed by atoms with van der Waals surface area (Å²) in [6, 6.07) is 3.31. The molecular weight excluding hydrogens is 352 g/mol. The van der Waals surface area contributed by atoms with E-state index in [4.69, 9.17) is 18.9 Å². The van der Waals surface area contributed by atoms with Crippen molar-refractivity contribution in [3.8, 4) is 0 Å². The van der Waals surface area contributed by atoms with E-state index in [1.807, 2.05) is 0 Å². The van der Waals surface area contributed by atoms with Gasteiger partial charge in [0, 0.05) is 19.9 Å². The molecule has 0 aliphatic carbocycles. The van der Waals surface area contributed by atoms with Gasteiger partial charge in [0.2, 0.25) is 0 Å². The standard InChI is InChI=1S/C19H26N2O6/c1-4-27-19(23)15-13-16-17(20-14(15)2)5-6-21(18(16)22)7-8-25-11-12-26-10-9-24-3/h5-6,13H,4,7-12H2,1-3H3. The zero-order valence-electron chi connectivity index (χ0n) is 16.0. The minimum atomic E-state index is -0.476. The second kappa shape index (κ2) is 10.8. The van der Waals surface area contributed by atoms with Gasteiger partial charge in [0.1, 0.15) is 0 Å². The third-order valence-corrected chi connectivity index (χ3v) is 3.92. The lowest BCUT2D eigenvalue weighted by Gasteiger charge is -2.10. The molecule has 2 rings (SSSR count). The van der Waals surface area contributed by atoms with Crippen LogP contribution in [0, 0.1) is 6.92 Å². The van der Waals surface area contributed by atoms with Crippen LogP contribution in [-0.2, 0) is 25.5 Å². The summed E-state index contributed by atoms with van der Waals surface area (Å²) in [5.41, 5.74) is 1.18. The molecule has 2 aromatic heterocycles. The van der Waals surface area contributed by atoms with Gasteiger partial charge < -0.3 is 23.5 Å². The minimum Gasteiger partial charge on any atom is -0.462 e. The van der Waals surface area contributed by atoms with Gasteiger partial charge >= 0.3 is 5.97 Å². The molecule has 0 aliphatic rings. The largest absolute Gasteiger partial charge is 0.462 e. The Labute approximate surface area is 158 Å². The van der Waals surface area contributed by atoms with Crippen LogP contribution in [0.1, 0.15) is 23.0 Å². The molecule has 0 N–H and O–H groups in total. The average Bonchev–Trinajstić information content (AvgIpc) is 2.65. The van der Waals surface area contributed by atoms with E-state index in [1.165, 1.54) is 0 Å². The number of pyridine rings is 2. The zero-order chi connectivity index (χ0) is 19.6. The van der Waals surface area contributed by atoms with Crippen LogP contribution >= 0.6 is 0 Å². The molecule has 0 aromatic carbocycles.